The molecule has 2 unspecified atom stereocenters. The number of hydrogen-bond donors (Lipinski definition) is 1. The van der Waals surface area contributed by atoms with Crippen molar-refractivity contribution in [2.45, 2.75) is 49.7 Å². The predicted octanol–water partition coefficient (Wildman–Crippen LogP) is 4.16. The molecule has 3 nitrogen and oxygen atoms in total. The number of alkyl halides is 3. The minimum Gasteiger partial charge on any atom is -0.207 e. The van der Waals surface area contributed by atoms with Crippen molar-refractivity contribution in [2.75, 3.05) is 0 Å². The lowest BCUT2D eigenvalue weighted by Crippen LogP contribution is -2.47. The van der Waals surface area contributed by atoms with Gasteiger partial charge in [0.05, 0.1) is 10.8 Å². The maximum absolute atomic E-state index is 13.1. The molecule has 1 aromatic carbocycles. The number of halogens is 4. The quantitative estimate of drug-likeness (QED) is 0.829. The van der Waals surface area contributed by atoms with Gasteiger partial charge in [0.2, 0.25) is 10.0 Å². The first-order chi connectivity index (χ1) is 10.1. The summed E-state index contributed by atoms with van der Waals surface area (Å²) >= 11 is 3.16. The SMILES string of the molecule is Cc1ccc(S(=O)(=O)NC2CCCCC2C(F)(F)F)c(Br)c1. The Morgan fingerprint density at radius 1 is 1.23 bits per heavy atom. The van der Waals surface area contributed by atoms with Gasteiger partial charge in [-0.2, -0.15) is 13.2 Å². The number of benzene rings is 1. The minimum absolute atomic E-state index is 0.0360. The average molecular weight is 400 g/mol. The number of rotatable bonds is 3. The summed E-state index contributed by atoms with van der Waals surface area (Å²) in [6.07, 6.45) is -3.16. The summed E-state index contributed by atoms with van der Waals surface area (Å²) < 4.78 is 66.6. The Balaban J connectivity index is 2.27. The van der Waals surface area contributed by atoms with E-state index in [0.717, 1.165) is 5.56 Å². The number of sulfonamides is 1. The summed E-state index contributed by atoms with van der Waals surface area (Å²) in [5, 5.41) is 0. The van der Waals surface area contributed by atoms with Gasteiger partial charge in [0, 0.05) is 10.5 Å². The van der Waals surface area contributed by atoms with Gasteiger partial charge in [0.15, 0.2) is 0 Å². The van der Waals surface area contributed by atoms with Gasteiger partial charge in [-0.15, -0.1) is 0 Å². The van der Waals surface area contributed by atoms with Crippen molar-refractivity contribution >= 4 is 26.0 Å². The van der Waals surface area contributed by atoms with Crippen LogP contribution in [-0.2, 0) is 10.0 Å². The van der Waals surface area contributed by atoms with Crippen LogP contribution in [0, 0.1) is 12.8 Å². The zero-order valence-corrected chi connectivity index (χ0v) is 14.4. The van der Waals surface area contributed by atoms with Crippen LogP contribution in [-0.4, -0.2) is 20.6 Å². The Kier molecular flexibility index (Phi) is 5.23. The fourth-order valence-electron chi connectivity index (χ4n) is 2.75. The predicted molar refractivity (Wildman–Crippen MR) is 81.0 cm³/mol. The smallest absolute Gasteiger partial charge is 0.207 e. The Bertz CT molecular complexity index is 646. The first-order valence-electron chi connectivity index (χ1n) is 6.96. The average Bonchev–Trinajstić information content (AvgIpc) is 2.36. The van der Waals surface area contributed by atoms with E-state index in [4.69, 9.17) is 0 Å². The fraction of sp³-hybridized carbons (Fsp3) is 0.571. The lowest BCUT2D eigenvalue weighted by atomic mass is 9.85. The molecule has 8 heteroatoms. The third kappa shape index (κ3) is 4.02. The molecule has 1 aliphatic rings. The Morgan fingerprint density at radius 3 is 2.45 bits per heavy atom. The maximum Gasteiger partial charge on any atom is 0.393 e. The van der Waals surface area contributed by atoms with E-state index in [2.05, 4.69) is 20.7 Å². The molecule has 2 rings (SSSR count). The van der Waals surface area contributed by atoms with Crippen LogP contribution in [0.4, 0.5) is 13.2 Å². The molecule has 1 N–H and O–H groups in total. The van der Waals surface area contributed by atoms with E-state index >= 15 is 0 Å². The monoisotopic (exact) mass is 399 g/mol. The van der Waals surface area contributed by atoms with Gasteiger partial charge in [-0.25, -0.2) is 13.1 Å². The topological polar surface area (TPSA) is 46.2 Å². The van der Waals surface area contributed by atoms with E-state index in [1.807, 2.05) is 0 Å². The molecule has 1 saturated carbocycles. The summed E-state index contributed by atoms with van der Waals surface area (Å²) in [5.41, 5.74) is 0.858. The lowest BCUT2D eigenvalue weighted by molar-refractivity contribution is -0.187. The molecular formula is C14H17BrF3NO2S. The third-order valence-corrected chi connectivity index (χ3v) is 6.34. The van der Waals surface area contributed by atoms with E-state index < -0.39 is 28.2 Å². The van der Waals surface area contributed by atoms with Crippen LogP contribution in [0.1, 0.15) is 31.2 Å². The van der Waals surface area contributed by atoms with Gasteiger partial charge in [0.1, 0.15) is 0 Å². The van der Waals surface area contributed by atoms with E-state index in [9.17, 15) is 21.6 Å². The molecule has 0 spiro atoms. The van der Waals surface area contributed by atoms with Crippen LogP contribution in [0.2, 0.25) is 0 Å². The van der Waals surface area contributed by atoms with Gasteiger partial charge < -0.3 is 0 Å². The van der Waals surface area contributed by atoms with Crippen LogP contribution >= 0.6 is 15.9 Å². The van der Waals surface area contributed by atoms with Gasteiger partial charge in [-0.3, -0.25) is 0 Å². The minimum atomic E-state index is -4.39. The molecule has 0 amide bonds. The molecule has 0 aromatic heterocycles. The van der Waals surface area contributed by atoms with E-state index in [0.29, 0.717) is 17.3 Å². The molecule has 0 aliphatic heterocycles. The lowest BCUT2D eigenvalue weighted by Gasteiger charge is -2.33. The second kappa shape index (κ2) is 6.49. The van der Waals surface area contributed by atoms with E-state index in [-0.39, 0.29) is 17.7 Å². The second-order valence-electron chi connectivity index (χ2n) is 5.59. The van der Waals surface area contributed by atoms with Crippen molar-refractivity contribution in [2.24, 2.45) is 5.92 Å². The van der Waals surface area contributed by atoms with Crippen molar-refractivity contribution in [3.63, 3.8) is 0 Å². The van der Waals surface area contributed by atoms with Crippen molar-refractivity contribution in [1.82, 2.24) is 4.72 Å². The molecule has 124 valence electrons. The van der Waals surface area contributed by atoms with Crippen LogP contribution < -0.4 is 4.72 Å². The number of aryl methyl sites for hydroxylation is 1. The molecule has 1 fully saturated rings. The summed E-state index contributed by atoms with van der Waals surface area (Å²) in [7, 11) is -4.00. The van der Waals surface area contributed by atoms with Gasteiger partial charge in [-0.1, -0.05) is 18.9 Å². The van der Waals surface area contributed by atoms with Gasteiger partial charge >= 0.3 is 6.18 Å². The first-order valence-corrected chi connectivity index (χ1v) is 9.24. The van der Waals surface area contributed by atoms with Crippen LogP contribution in [0.25, 0.3) is 0 Å². The Hall–Kier alpha value is -0.600. The molecule has 0 heterocycles. The van der Waals surface area contributed by atoms with Crippen LogP contribution in [0.15, 0.2) is 27.6 Å². The number of nitrogens with one attached hydrogen (secondary N) is 1. The highest BCUT2D eigenvalue weighted by molar-refractivity contribution is 9.10. The molecule has 22 heavy (non-hydrogen) atoms. The third-order valence-electron chi connectivity index (χ3n) is 3.87. The Labute approximate surface area is 136 Å². The first kappa shape index (κ1) is 17.7. The van der Waals surface area contributed by atoms with Crippen molar-refractivity contribution in [3.05, 3.63) is 28.2 Å². The van der Waals surface area contributed by atoms with Crippen molar-refractivity contribution in [1.29, 1.82) is 0 Å². The molecule has 1 aliphatic carbocycles. The summed E-state index contributed by atoms with van der Waals surface area (Å²) in [6, 6.07) is 3.53. The van der Waals surface area contributed by atoms with E-state index in [1.165, 1.54) is 6.07 Å². The highest BCUT2D eigenvalue weighted by Crippen LogP contribution is 2.38. The van der Waals surface area contributed by atoms with E-state index in [1.54, 1.807) is 19.1 Å². The molecule has 0 bridgehead atoms. The summed E-state index contributed by atoms with van der Waals surface area (Å²) in [6.45, 7) is 1.80. The fourth-order valence-corrected chi connectivity index (χ4v) is 5.25. The number of hydrogen-bond acceptors (Lipinski definition) is 2. The molecule has 0 radical (unpaired) electrons. The zero-order valence-electron chi connectivity index (χ0n) is 12.0. The van der Waals surface area contributed by atoms with Crippen molar-refractivity contribution in [3.8, 4) is 0 Å². The molecular weight excluding hydrogens is 383 g/mol. The van der Waals surface area contributed by atoms with Gasteiger partial charge in [0.25, 0.3) is 0 Å². The van der Waals surface area contributed by atoms with Crippen LogP contribution in [0.5, 0.6) is 0 Å². The molecule has 2 atom stereocenters. The highest BCUT2D eigenvalue weighted by atomic mass is 79.9. The van der Waals surface area contributed by atoms with Crippen LogP contribution in [0.3, 0.4) is 0 Å². The standard InChI is InChI=1S/C14H17BrF3NO2S/c1-9-6-7-13(11(15)8-9)22(20,21)19-12-5-3-2-4-10(12)14(16,17)18/h6-8,10,12,19H,2-5H2,1H3. The van der Waals surface area contributed by atoms with Crippen molar-refractivity contribution < 1.29 is 21.6 Å². The second-order valence-corrected chi connectivity index (χ2v) is 8.13. The Morgan fingerprint density at radius 2 is 1.86 bits per heavy atom. The zero-order chi connectivity index (χ0) is 16.5. The molecule has 0 saturated heterocycles. The summed E-state index contributed by atoms with van der Waals surface area (Å²) in [4.78, 5) is -0.0374. The van der Waals surface area contributed by atoms with Gasteiger partial charge in [-0.05, 0) is 53.4 Å². The maximum atomic E-state index is 13.1. The normalized spacial score (nSPS) is 23.5. The largest absolute Gasteiger partial charge is 0.393 e. The molecule has 1 aromatic rings. The highest BCUT2D eigenvalue weighted by Gasteiger charge is 2.46. The summed E-state index contributed by atoms with van der Waals surface area (Å²) in [5.74, 6) is -1.62.